The average Bonchev–Trinajstić information content (AvgIpc) is 3.31. The summed E-state index contributed by atoms with van der Waals surface area (Å²) in [6.45, 7) is 6.98. The van der Waals surface area contributed by atoms with Gasteiger partial charge in [0.25, 0.3) is 5.24 Å². The highest BCUT2D eigenvalue weighted by Gasteiger charge is 2.75. The zero-order chi connectivity index (χ0) is 29.7. The van der Waals surface area contributed by atoms with Crippen molar-refractivity contribution in [1.29, 1.82) is 0 Å². The zero-order valence-corrected chi connectivity index (χ0v) is 24.0. The fourth-order valence-corrected chi connectivity index (χ4v) is 9.51. The average molecular weight is 590 g/mol. The molecule has 3 aliphatic carbocycles. The Labute approximate surface area is 240 Å². The number of carbonyl (C=O) groups excluding carboxylic acids is 4. The van der Waals surface area contributed by atoms with Crippen LogP contribution in [-0.2, 0) is 16.0 Å². The van der Waals surface area contributed by atoms with E-state index in [9.17, 15) is 39.6 Å². The van der Waals surface area contributed by atoms with Crippen LogP contribution in [0.2, 0.25) is 0 Å². The van der Waals surface area contributed by atoms with Crippen molar-refractivity contribution in [2.24, 2.45) is 40.2 Å². The number of amides is 1. The highest BCUT2D eigenvalue weighted by Crippen LogP contribution is 2.65. The van der Waals surface area contributed by atoms with Gasteiger partial charge in [0.2, 0.25) is 5.91 Å². The van der Waals surface area contributed by atoms with Crippen LogP contribution in [0.4, 0.5) is 0 Å². The summed E-state index contributed by atoms with van der Waals surface area (Å²) in [5.41, 5.74) is 1.36. The number of aliphatic hydroxyl groups excluding tert-OH is 2. The number of hydrogen-bond acceptors (Lipinski definition) is 9. The van der Waals surface area contributed by atoms with E-state index in [-0.39, 0.29) is 41.2 Å². The van der Waals surface area contributed by atoms with Gasteiger partial charge in [0.15, 0.2) is 17.2 Å². The quantitative estimate of drug-likeness (QED) is 0.267. The number of primary amides is 1. The lowest BCUT2D eigenvalue weighted by molar-refractivity contribution is -0.265. The molecule has 2 saturated carbocycles. The minimum absolute atomic E-state index is 0.0669. The molecule has 2 aromatic rings. The molecule has 1 amide bonds. The van der Waals surface area contributed by atoms with Gasteiger partial charge in [-0.15, -0.1) is 11.3 Å². The second-order valence-electron chi connectivity index (χ2n) is 12.4. The van der Waals surface area contributed by atoms with Gasteiger partial charge in [0, 0.05) is 11.0 Å². The van der Waals surface area contributed by atoms with E-state index in [0.717, 1.165) is 11.3 Å². The van der Waals surface area contributed by atoms with E-state index < -0.39 is 69.1 Å². The normalized spacial score (nSPS) is 37.1. The maximum atomic E-state index is 14.2. The first-order valence-corrected chi connectivity index (χ1v) is 14.4. The van der Waals surface area contributed by atoms with Gasteiger partial charge < -0.3 is 26.2 Å². The molecule has 0 bridgehead atoms. The molecular formula is C29H32ClNO8S. The van der Waals surface area contributed by atoms with E-state index >= 15 is 0 Å². The van der Waals surface area contributed by atoms with Gasteiger partial charge in [-0.25, -0.2) is 0 Å². The lowest BCUT2D eigenvalue weighted by atomic mass is 9.39. The fraction of sp³-hybridized carbons (Fsp3) is 0.517. The molecule has 5 rings (SSSR count). The number of nitrogens with two attached hydrogens (primary N) is 1. The molecule has 1 heterocycles. The Morgan fingerprint density at radius 1 is 1.15 bits per heavy atom. The molecule has 2 unspecified atom stereocenters. The van der Waals surface area contributed by atoms with Gasteiger partial charge >= 0.3 is 0 Å². The summed E-state index contributed by atoms with van der Waals surface area (Å²) in [7, 11) is 0. The van der Waals surface area contributed by atoms with E-state index in [0.29, 0.717) is 10.4 Å². The number of phenols is 1. The number of aliphatic hydroxyl groups is 3. The van der Waals surface area contributed by atoms with Gasteiger partial charge in [0.1, 0.15) is 17.8 Å². The zero-order valence-electron chi connectivity index (χ0n) is 22.5. The minimum Gasteiger partial charge on any atom is -0.506 e. The summed E-state index contributed by atoms with van der Waals surface area (Å²) >= 11 is 6.87. The van der Waals surface area contributed by atoms with Gasteiger partial charge in [0.05, 0.1) is 28.0 Å². The maximum absolute atomic E-state index is 14.2. The Balaban J connectivity index is 1.69. The molecule has 9 nitrogen and oxygen atoms in total. The van der Waals surface area contributed by atoms with Gasteiger partial charge in [-0.1, -0.05) is 33.8 Å². The summed E-state index contributed by atoms with van der Waals surface area (Å²) in [4.78, 5) is 52.6. The van der Waals surface area contributed by atoms with Crippen LogP contribution in [-0.4, -0.2) is 61.0 Å². The van der Waals surface area contributed by atoms with E-state index in [2.05, 4.69) is 0 Å². The Hall–Kier alpha value is -2.63. The van der Waals surface area contributed by atoms with Crippen LogP contribution in [0.15, 0.2) is 23.6 Å². The van der Waals surface area contributed by atoms with Crippen LogP contribution >= 0.6 is 22.9 Å². The van der Waals surface area contributed by atoms with Gasteiger partial charge in [-0.05, 0) is 64.8 Å². The molecule has 1 aromatic heterocycles. The fourth-order valence-electron chi connectivity index (χ4n) is 8.38. The molecule has 6 N–H and O–H groups in total. The predicted octanol–water partition coefficient (Wildman–Crippen LogP) is 2.68. The smallest absolute Gasteiger partial charge is 0.253 e. The SMILES string of the molecule is CC(C)[C@H]1C(O)[C@@H](C(N)=O)C(=O)[C@]2(O)C(O)[C@H]3C(=O)c4c(ccc(-c5sccc5C(=O)Cl)c4O)C[C@]3(C)C[C@]12C. The van der Waals surface area contributed by atoms with E-state index in [1.54, 1.807) is 45.2 Å². The molecule has 0 saturated heterocycles. The first-order valence-electron chi connectivity index (χ1n) is 13.1. The summed E-state index contributed by atoms with van der Waals surface area (Å²) in [5, 5.41) is 47.4. The van der Waals surface area contributed by atoms with E-state index in [4.69, 9.17) is 17.3 Å². The number of phenolic OH excluding ortho intramolecular Hbond substituents is 1. The van der Waals surface area contributed by atoms with Crippen molar-refractivity contribution >= 4 is 45.7 Å². The predicted molar refractivity (Wildman–Crippen MR) is 147 cm³/mol. The first-order chi connectivity index (χ1) is 18.5. The second-order valence-corrected chi connectivity index (χ2v) is 13.7. The summed E-state index contributed by atoms with van der Waals surface area (Å²) in [5.74, 6) is -7.51. The topological polar surface area (TPSA) is 175 Å². The van der Waals surface area contributed by atoms with Crippen LogP contribution in [0, 0.1) is 34.5 Å². The molecule has 11 heteroatoms. The van der Waals surface area contributed by atoms with Crippen molar-refractivity contribution in [2.75, 3.05) is 0 Å². The number of benzene rings is 1. The van der Waals surface area contributed by atoms with Crippen molar-refractivity contribution in [2.45, 2.75) is 58.3 Å². The summed E-state index contributed by atoms with van der Waals surface area (Å²) < 4.78 is 0. The lowest BCUT2D eigenvalue weighted by Crippen LogP contribution is -2.79. The number of carbonyl (C=O) groups is 4. The molecule has 214 valence electrons. The molecule has 2 fully saturated rings. The highest BCUT2D eigenvalue weighted by atomic mass is 35.5. The van der Waals surface area contributed by atoms with Gasteiger partial charge in [-0.2, -0.15) is 0 Å². The third-order valence-corrected chi connectivity index (χ3v) is 10.9. The Kier molecular flexibility index (Phi) is 6.63. The van der Waals surface area contributed by atoms with Crippen molar-refractivity contribution in [3.8, 4) is 16.2 Å². The molecule has 3 aliphatic rings. The number of thiophene rings is 1. The summed E-state index contributed by atoms with van der Waals surface area (Å²) in [6.07, 6.45) is -3.15. The van der Waals surface area contributed by atoms with Crippen LogP contribution in [0.3, 0.4) is 0 Å². The molecule has 40 heavy (non-hydrogen) atoms. The van der Waals surface area contributed by atoms with Crippen LogP contribution in [0.25, 0.3) is 10.4 Å². The number of Topliss-reactive ketones (excluding diaryl/α,β-unsaturated/α-hetero) is 2. The van der Waals surface area contributed by atoms with Crippen molar-refractivity contribution in [3.05, 3.63) is 40.3 Å². The number of fused-ring (bicyclic) bond motifs is 3. The molecule has 8 atom stereocenters. The molecule has 0 radical (unpaired) electrons. The van der Waals surface area contributed by atoms with Crippen LogP contribution in [0.1, 0.15) is 60.4 Å². The number of rotatable bonds is 4. The lowest BCUT2D eigenvalue weighted by Gasteiger charge is -2.66. The Morgan fingerprint density at radius 3 is 2.38 bits per heavy atom. The van der Waals surface area contributed by atoms with Crippen LogP contribution < -0.4 is 5.73 Å². The minimum atomic E-state index is -2.57. The highest BCUT2D eigenvalue weighted by molar-refractivity contribution is 7.14. The standard InChI is InChI=1S/C29H32ClNO8S/c1-11(2)17-21(34)16(26(31)38)23(35)29(39)24(36)18-20(33)15-12(9-27(18,3)10-28(17,29)4)5-6-13(19(15)32)22-14(25(30)37)7-8-40-22/h5-8,11,16-18,21,24,32,34,36,39H,9-10H2,1-4H3,(H2,31,38)/t16-,17+,18-,21?,24?,27-,28-,29+/m1/s1. The third kappa shape index (κ3) is 3.56. The Morgan fingerprint density at radius 2 is 1.80 bits per heavy atom. The monoisotopic (exact) mass is 589 g/mol. The van der Waals surface area contributed by atoms with Crippen molar-refractivity contribution < 1.29 is 39.6 Å². The molecule has 1 aromatic carbocycles. The van der Waals surface area contributed by atoms with E-state index in [1.165, 1.54) is 6.07 Å². The third-order valence-electron chi connectivity index (χ3n) is 9.77. The molecule has 0 spiro atoms. The first kappa shape index (κ1) is 28.9. The largest absolute Gasteiger partial charge is 0.506 e. The van der Waals surface area contributed by atoms with Crippen molar-refractivity contribution in [3.63, 3.8) is 0 Å². The molecular weight excluding hydrogens is 558 g/mol. The number of hydrogen-bond donors (Lipinski definition) is 5. The van der Waals surface area contributed by atoms with Crippen molar-refractivity contribution in [1.82, 2.24) is 0 Å². The Bertz CT molecular complexity index is 1470. The number of aromatic hydroxyl groups is 1. The second kappa shape index (κ2) is 9.19. The summed E-state index contributed by atoms with van der Waals surface area (Å²) in [6, 6.07) is 4.81. The van der Waals surface area contributed by atoms with Gasteiger partial charge in [-0.3, -0.25) is 19.2 Å². The maximum Gasteiger partial charge on any atom is 0.253 e. The van der Waals surface area contributed by atoms with E-state index in [1.807, 2.05) is 0 Å². The molecule has 0 aliphatic heterocycles. The number of ketones is 2. The van der Waals surface area contributed by atoms with Crippen LogP contribution in [0.5, 0.6) is 5.75 Å². The number of halogens is 1.